The predicted octanol–water partition coefficient (Wildman–Crippen LogP) is 0.409. The molecular weight excluding hydrogens is 262 g/mol. The molecule has 0 aliphatic carbocycles. The van der Waals surface area contributed by atoms with Gasteiger partial charge in [-0.2, -0.15) is 0 Å². The number of aliphatic carboxylic acids is 1. The number of hydrogen-bond donors (Lipinski definition) is 3. The molecule has 114 valence electrons. The minimum Gasteiger partial charge on any atom is -0.481 e. The summed E-state index contributed by atoms with van der Waals surface area (Å²) < 4.78 is 0. The van der Waals surface area contributed by atoms with E-state index in [0.717, 1.165) is 12.8 Å². The molecule has 1 aliphatic rings. The summed E-state index contributed by atoms with van der Waals surface area (Å²) in [5, 5.41) is 13.9. The fraction of sp³-hybridized carbons (Fsp3) is 0.769. The summed E-state index contributed by atoms with van der Waals surface area (Å²) in [5.74, 6) is -0.756. The summed E-state index contributed by atoms with van der Waals surface area (Å²) in [6.07, 6.45) is 2.41. The van der Waals surface area contributed by atoms with Gasteiger partial charge in [-0.15, -0.1) is 0 Å². The molecule has 7 nitrogen and oxygen atoms in total. The number of amides is 3. The maximum atomic E-state index is 11.8. The molecule has 3 amide bonds. The van der Waals surface area contributed by atoms with Gasteiger partial charge in [-0.1, -0.05) is 6.92 Å². The lowest BCUT2D eigenvalue weighted by Gasteiger charge is -2.17. The normalized spacial score (nSPS) is 17.9. The molecule has 0 aromatic rings. The molecule has 1 aliphatic heterocycles. The standard InChI is InChI=1S/C13H23N3O4/c1-2-6-14-11(17)8-15-13(20)16-7-5-10(9-16)3-4-12(18)19/h10H,2-9H2,1H3,(H,14,17)(H,15,20)(H,18,19). The Morgan fingerprint density at radius 1 is 1.30 bits per heavy atom. The van der Waals surface area contributed by atoms with Crippen molar-refractivity contribution >= 4 is 17.9 Å². The molecule has 7 heteroatoms. The van der Waals surface area contributed by atoms with Gasteiger partial charge in [0.15, 0.2) is 0 Å². The first-order valence-corrected chi connectivity index (χ1v) is 7.04. The Balaban J connectivity index is 2.21. The Hall–Kier alpha value is -1.79. The lowest BCUT2D eigenvalue weighted by molar-refractivity contribution is -0.137. The molecule has 0 saturated carbocycles. The molecule has 20 heavy (non-hydrogen) atoms. The van der Waals surface area contributed by atoms with Crippen molar-refractivity contribution in [3.63, 3.8) is 0 Å². The van der Waals surface area contributed by atoms with Crippen molar-refractivity contribution in [1.82, 2.24) is 15.5 Å². The fourth-order valence-electron chi connectivity index (χ4n) is 2.17. The van der Waals surface area contributed by atoms with Crippen LogP contribution in [0.4, 0.5) is 4.79 Å². The minimum absolute atomic E-state index is 0.0187. The Kier molecular flexibility index (Phi) is 6.83. The summed E-state index contributed by atoms with van der Waals surface area (Å²) >= 11 is 0. The summed E-state index contributed by atoms with van der Waals surface area (Å²) in [6, 6.07) is -0.255. The van der Waals surface area contributed by atoms with Crippen LogP contribution in [0, 0.1) is 5.92 Å². The van der Waals surface area contributed by atoms with E-state index in [1.807, 2.05) is 6.92 Å². The van der Waals surface area contributed by atoms with Gasteiger partial charge >= 0.3 is 12.0 Å². The molecular formula is C13H23N3O4. The topological polar surface area (TPSA) is 98.7 Å². The highest BCUT2D eigenvalue weighted by atomic mass is 16.4. The Bertz CT molecular complexity index is 360. The molecule has 0 aromatic carbocycles. The van der Waals surface area contributed by atoms with Crippen LogP contribution in [0.25, 0.3) is 0 Å². The van der Waals surface area contributed by atoms with E-state index in [1.54, 1.807) is 4.90 Å². The highest BCUT2D eigenvalue weighted by molar-refractivity contribution is 5.84. The van der Waals surface area contributed by atoms with Gasteiger partial charge in [-0.05, 0) is 25.2 Å². The summed E-state index contributed by atoms with van der Waals surface area (Å²) in [6.45, 7) is 3.73. The van der Waals surface area contributed by atoms with Crippen molar-refractivity contribution < 1.29 is 19.5 Å². The summed E-state index contributed by atoms with van der Waals surface area (Å²) in [7, 11) is 0. The number of carbonyl (C=O) groups excluding carboxylic acids is 2. The van der Waals surface area contributed by atoms with E-state index in [2.05, 4.69) is 10.6 Å². The number of nitrogens with zero attached hydrogens (tertiary/aromatic N) is 1. The summed E-state index contributed by atoms with van der Waals surface area (Å²) in [5.41, 5.74) is 0. The highest BCUT2D eigenvalue weighted by Crippen LogP contribution is 2.20. The molecule has 1 atom stereocenters. The van der Waals surface area contributed by atoms with Crippen LogP contribution in [0.1, 0.15) is 32.6 Å². The molecule has 0 radical (unpaired) electrons. The quantitative estimate of drug-likeness (QED) is 0.631. The van der Waals surface area contributed by atoms with Gasteiger partial charge in [0, 0.05) is 26.1 Å². The van der Waals surface area contributed by atoms with Gasteiger partial charge < -0.3 is 20.6 Å². The second kappa shape index (κ2) is 8.39. The van der Waals surface area contributed by atoms with E-state index >= 15 is 0 Å². The number of carboxylic acids is 1. The number of carboxylic acid groups (broad SMARTS) is 1. The first-order chi connectivity index (χ1) is 9.52. The van der Waals surface area contributed by atoms with Gasteiger partial charge in [0.2, 0.25) is 5.91 Å². The largest absolute Gasteiger partial charge is 0.481 e. The van der Waals surface area contributed by atoms with Gasteiger partial charge in [0.05, 0.1) is 6.54 Å². The van der Waals surface area contributed by atoms with Crippen molar-refractivity contribution in [2.24, 2.45) is 5.92 Å². The van der Waals surface area contributed by atoms with Crippen LogP contribution in [0.15, 0.2) is 0 Å². The average Bonchev–Trinajstić information content (AvgIpc) is 2.89. The third kappa shape index (κ3) is 5.90. The van der Waals surface area contributed by atoms with E-state index in [1.165, 1.54) is 0 Å². The van der Waals surface area contributed by atoms with Gasteiger partial charge in [0.25, 0.3) is 0 Å². The van der Waals surface area contributed by atoms with Crippen LogP contribution in [-0.4, -0.2) is 54.1 Å². The van der Waals surface area contributed by atoms with E-state index in [4.69, 9.17) is 5.11 Å². The van der Waals surface area contributed by atoms with Crippen LogP contribution in [0.2, 0.25) is 0 Å². The van der Waals surface area contributed by atoms with Gasteiger partial charge in [-0.25, -0.2) is 4.79 Å². The number of rotatable bonds is 7. The van der Waals surface area contributed by atoms with Crippen molar-refractivity contribution in [3.8, 4) is 0 Å². The minimum atomic E-state index is -0.805. The lowest BCUT2D eigenvalue weighted by Crippen LogP contribution is -2.43. The van der Waals surface area contributed by atoms with E-state index in [0.29, 0.717) is 26.1 Å². The zero-order chi connectivity index (χ0) is 15.0. The first-order valence-electron chi connectivity index (χ1n) is 7.04. The van der Waals surface area contributed by atoms with Gasteiger partial charge in [-0.3, -0.25) is 9.59 Å². The second-order valence-corrected chi connectivity index (χ2v) is 5.04. The molecule has 0 bridgehead atoms. The maximum absolute atomic E-state index is 11.8. The lowest BCUT2D eigenvalue weighted by atomic mass is 10.0. The molecule has 1 rings (SSSR count). The SMILES string of the molecule is CCCNC(=O)CNC(=O)N1CCC(CCC(=O)O)C1. The summed E-state index contributed by atoms with van der Waals surface area (Å²) in [4.78, 5) is 35.3. The third-order valence-corrected chi connectivity index (χ3v) is 3.31. The van der Waals surface area contributed by atoms with Crippen LogP contribution in [-0.2, 0) is 9.59 Å². The predicted molar refractivity (Wildman–Crippen MR) is 73.2 cm³/mol. The van der Waals surface area contributed by atoms with Gasteiger partial charge in [0.1, 0.15) is 0 Å². The number of carbonyl (C=O) groups is 3. The van der Waals surface area contributed by atoms with Crippen molar-refractivity contribution in [2.75, 3.05) is 26.2 Å². The van der Waals surface area contributed by atoms with Crippen LogP contribution in [0.5, 0.6) is 0 Å². The molecule has 1 heterocycles. The maximum Gasteiger partial charge on any atom is 0.317 e. The van der Waals surface area contributed by atoms with Crippen LogP contribution >= 0.6 is 0 Å². The number of hydrogen-bond acceptors (Lipinski definition) is 3. The Morgan fingerprint density at radius 3 is 2.70 bits per heavy atom. The molecule has 1 fully saturated rings. The molecule has 0 spiro atoms. The number of urea groups is 1. The Morgan fingerprint density at radius 2 is 2.05 bits per heavy atom. The monoisotopic (exact) mass is 285 g/mol. The molecule has 0 aromatic heterocycles. The number of nitrogens with one attached hydrogen (secondary N) is 2. The van der Waals surface area contributed by atoms with Crippen LogP contribution < -0.4 is 10.6 Å². The van der Waals surface area contributed by atoms with Crippen molar-refractivity contribution in [2.45, 2.75) is 32.6 Å². The van der Waals surface area contributed by atoms with E-state index in [-0.39, 0.29) is 30.8 Å². The van der Waals surface area contributed by atoms with E-state index < -0.39 is 5.97 Å². The molecule has 1 saturated heterocycles. The van der Waals surface area contributed by atoms with Crippen molar-refractivity contribution in [1.29, 1.82) is 0 Å². The van der Waals surface area contributed by atoms with E-state index in [9.17, 15) is 14.4 Å². The first kappa shape index (κ1) is 16.3. The smallest absolute Gasteiger partial charge is 0.317 e. The zero-order valence-corrected chi connectivity index (χ0v) is 11.9. The Labute approximate surface area is 118 Å². The highest BCUT2D eigenvalue weighted by Gasteiger charge is 2.26. The van der Waals surface area contributed by atoms with Crippen LogP contribution in [0.3, 0.4) is 0 Å². The zero-order valence-electron chi connectivity index (χ0n) is 11.9. The van der Waals surface area contributed by atoms with Crippen molar-refractivity contribution in [3.05, 3.63) is 0 Å². The average molecular weight is 285 g/mol. The molecule has 1 unspecified atom stereocenters. The third-order valence-electron chi connectivity index (χ3n) is 3.31. The molecule has 3 N–H and O–H groups in total. The second-order valence-electron chi connectivity index (χ2n) is 5.04. The number of likely N-dealkylation sites (tertiary alicyclic amines) is 1. The fourth-order valence-corrected chi connectivity index (χ4v) is 2.17.